The van der Waals surface area contributed by atoms with Crippen molar-refractivity contribution in [1.82, 2.24) is 5.32 Å². The van der Waals surface area contributed by atoms with E-state index < -0.39 is 10.5 Å². The molecule has 0 radical (unpaired) electrons. The van der Waals surface area contributed by atoms with Crippen LogP contribution in [0.4, 0.5) is 5.00 Å². The van der Waals surface area contributed by atoms with Gasteiger partial charge in [0.25, 0.3) is 0 Å². The normalized spacial score (nSPS) is 18.1. The molecule has 0 aliphatic heterocycles. The van der Waals surface area contributed by atoms with E-state index in [0.717, 1.165) is 49.0 Å². The topological polar surface area (TPSA) is 98.3 Å². The smallest absolute Gasteiger partial charge is 0.324 e. The van der Waals surface area contributed by atoms with Crippen LogP contribution in [-0.4, -0.2) is 16.4 Å². The second-order valence-corrected chi connectivity index (χ2v) is 5.80. The van der Waals surface area contributed by atoms with E-state index in [1.807, 2.05) is 0 Å². The molecule has 0 saturated heterocycles. The number of rotatable bonds is 5. The molecule has 0 spiro atoms. The average molecular weight is 283 g/mol. The lowest BCUT2D eigenvalue weighted by Gasteiger charge is -2.35. The van der Waals surface area contributed by atoms with Gasteiger partial charge in [-0.1, -0.05) is 30.6 Å². The number of hydrogen-bond acceptors (Lipinski definition) is 5. The molecule has 3 N–H and O–H groups in total. The fourth-order valence-electron chi connectivity index (χ4n) is 2.49. The van der Waals surface area contributed by atoms with Crippen LogP contribution in [-0.2, 0) is 11.3 Å². The molecule has 0 atom stereocenters. The summed E-state index contributed by atoms with van der Waals surface area (Å²) >= 11 is 1.10. The minimum atomic E-state index is -0.644. The summed E-state index contributed by atoms with van der Waals surface area (Å²) < 4.78 is 0. The largest absolute Gasteiger partial charge is 0.368 e. The van der Waals surface area contributed by atoms with Gasteiger partial charge in [0.1, 0.15) is 0 Å². The van der Waals surface area contributed by atoms with Crippen LogP contribution < -0.4 is 11.1 Å². The summed E-state index contributed by atoms with van der Waals surface area (Å²) in [6.07, 6.45) is 4.59. The fourth-order valence-corrected chi connectivity index (χ4v) is 3.22. The Kier molecular flexibility index (Phi) is 4.16. The lowest BCUT2D eigenvalue weighted by molar-refractivity contribution is -0.380. The molecule has 104 valence electrons. The Morgan fingerprint density at radius 1 is 1.47 bits per heavy atom. The van der Waals surface area contributed by atoms with Crippen LogP contribution in [0.15, 0.2) is 11.4 Å². The summed E-state index contributed by atoms with van der Waals surface area (Å²) in [5.74, 6) is -0.322. The lowest BCUT2D eigenvalue weighted by atomic mass is 9.81. The van der Waals surface area contributed by atoms with Crippen molar-refractivity contribution in [2.75, 3.05) is 0 Å². The third kappa shape index (κ3) is 3.10. The summed E-state index contributed by atoms with van der Waals surface area (Å²) in [7, 11) is 0. The van der Waals surface area contributed by atoms with Crippen molar-refractivity contribution in [3.8, 4) is 0 Å². The maximum atomic E-state index is 11.7. The predicted octanol–water partition coefficient (Wildman–Crippen LogP) is 1.93. The maximum absolute atomic E-state index is 11.7. The summed E-state index contributed by atoms with van der Waals surface area (Å²) in [4.78, 5) is 21.9. The monoisotopic (exact) mass is 283 g/mol. The molecule has 1 aromatic heterocycles. The molecule has 2 rings (SSSR count). The van der Waals surface area contributed by atoms with Crippen molar-refractivity contribution < 1.29 is 9.72 Å². The van der Waals surface area contributed by atoms with Gasteiger partial charge in [0.15, 0.2) is 0 Å². The van der Waals surface area contributed by atoms with E-state index in [1.165, 1.54) is 6.07 Å². The Labute approximate surface area is 115 Å². The Bertz CT molecular complexity index is 480. The van der Waals surface area contributed by atoms with E-state index in [4.69, 9.17) is 5.73 Å². The lowest BCUT2D eigenvalue weighted by Crippen LogP contribution is -2.56. The summed E-state index contributed by atoms with van der Waals surface area (Å²) in [5, 5.41) is 15.7. The molecule has 1 aliphatic carbocycles. The third-order valence-electron chi connectivity index (χ3n) is 3.63. The van der Waals surface area contributed by atoms with Gasteiger partial charge in [0, 0.05) is 18.0 Å². The minimum absolute atomic E-state index is 0.119. The molecule has 1 amide bonds. The number of carbonyl (C=O) groups excluding carboxylic acids is 1. The molecule has 1 aliphatic rings. The summed E-state index contributed by atoms with van der Waals surface area (Å²) in [5.41, 5.74) is 5.69. The van der Waals surface area contributed by atoms with Crippen LogP contribution in [0.25, 0.3) is 0 Å². The first-order valence-corrected chi connectivity index (χ1v) is 7.18. The van der Waals surface area contributed by atoms with Gasteiger partial charge in [-0.2, -0.15) is 0 Å². The summed E-state index contributed by atoms with van der Waals surface area (Å²) in [6, 6.07) is 1.54. The summed E-state index contributed by atoms with van der Waals surface area (Å²) in [6.45, 7) is 0.438. The molecule has 1 saturated carbocycles. The van der Waals surface area contributed by atoms with E-state index >= 15 is 0 Å². The van der Waals surface area contributed by atoms with Crippen molar-refractivity contribution in [2.45, 2.75) is 44.2 Å². The Morgan fingerprint density at radius 3 is 2.68 bits per heavy atom. The zero-order chi connectivity index (χ0) is 13.9. The number of carbonyl (C=O) groups is 1. The van der Waals surface area contributed by atoms with Crippen LogP contribution in [0, 0.1) is 10.1 Å². The van der Waals surface area contributed by atoms with Gasteiger partial charge in [-0.15, -0.1) is 0 Å². The van der Waals surface area contributed by atoms with Crippen LogP contribution in [0.2, 0.25) is 0 Å². The molecule has 0 aromatic carbocycles. The number of primary amides is 1. The highest BCUT2D eigenvalue weighted by Gasteiger charge is 2.37. The first kappa shape index (κ1) is 14.0. The molecule has 1 heterocycles. The highest BCUT2D eigenvalue weighted by atomic mass is 32.1. The number of thiophene rings is 1. The van der Waals surface area contributed by atoms with Crippen LogP contribution >= 0.6 is 11.3 Å². The standard InChI is InChI=1S/C12H17N3O3S/c13-11(16)12(4-2-1-3-5-12)14-7-9-6-10(15(17)18)19-8-9/h6,8,14H,1-5,7H2,(H2,13,16). The molecule has 1 fully saturated rings. The van der Waals surface area contributed by atoms with Crippen molar-refractivity contribution in [3.05, 3.63) is 27.1 Å². The zero-order valence-electron chi connectivity index (χ0n) is 10.6. The molecule has 1 aromatic rings. The Balaban J connectivity index is 2.02. The van der Waals surface area contributed by atoms with Gasteiger partial charge in [0.05, 0.1) is 10.5 Å². The van der Waals surface area contributed by atoms with E-state index in [2.05, 4.69) is 5.32 Å². The first-order valence-electron chi connectivity index (χ1n) is 6.30. The zero-order valence-corrected chi connectivity index (χ0v) is 11.4. The van der Waals surface area contributed by atoms with Crippen LogP contribution in [0.1, 0.15) is 37.7 Å². The minimum Gasteiger partial charge on any atom is -0.368 e. The maximum Gasteiger partial charge on any atom is 0.324 e. The van der Waals surface area contributed by atoms with Gasteiger partial charge < -0.3 is 5.73 Å². The number of nitrogens with zero attached hydrogens (tertiary/aromatic N) is 1. The van der Waals surface area contributed by atoms with Crippen molar-refractivity contribution >= 4 is 22.2 Å². The van der Waals surface area contributed by atoms with Gasteiger partial charge in [-0.05, 0) is 18.4 Å². The van der Waals surface area contributed by atoms with Crippen LogP contribution in [0.3, 0.4) is 0 Å². The average Bonchev–Trinajstić information content (AvgIpc) is 2.86. The Morgan fingerprint density at radius 2 is 2.16 bits per heavy atom. The van der Waals surface area contributed by atoms with Crippen molar-refractivity contribution in [2.24, 2.45) is 5.73 Å². The molecule has 0 bridgehead atoms. The number of nitro groups is 1. The van der Waals surface area contributed by atoms with Gasteiger partial charge in [-0.25, -0.2) is 0 Å². The Hall–Kier alpha value is -1.47. The number of amides is 1. The predicted molar refractivity (Wildman–Crippen MR) is 72.8 cm³/mol. The van der Waals surface area contributed by atoms with Gasteiger partial charge in [-0.3, -0.25) is 20.2 Å². The second kappa shape index (κ2) is 5.66. The molecule has 19 heavy (non-hydrogen) atoms. The molecule has 0 unspecified atom stereocenters. The highest BCUT2D eigenvalue weighted by molar-refractivity contribution is 7.13. The molecule has 7 heteroatoms. The number of nitrogens with two attached hydrogens (primary N) is 1. The molecule has 6 nitrogen and oxygen atoms in total. The van der Waals surface area contributed by atoms with Gasteiger partial charge >= 0.3 is 5.00 Å². The molecular formula is C12H17N3O3S. The van der Waals surface area contributed by atoms with E-state index in [9.17, 15) is 14.9 Å². The SMILES string of the molecule is NC(=O)C1(NCc2csc([N+](=O)[O-])c2)CCCCC1. The molecular weight excluding hydrogens is 266 g/mol. The third-order valence-corrected chi connectivity index (χ3v) is 4.56. The fraction of sp³-hybridized carbons (Fsp3) is 0.583. The quantitative estimate of drug-likeness (QED) is 0.637. The van der Waals surface area contributed by atoms with E-state index in [1.54, 1.807) is 5.38 Å². The van der Waals surface area contributed by atoms with Crippen LogP contribution in [0.5, 0.6) is 0 Å². The number of hydrogen-bond donors (Lipinski definition) is 2. The second-order valence-electron chi connectivity index (χ2n) is 4.91. The van der Waals surface area contributed by atoms with Crippen molar-refractivity contribution in [3.63, 3.8) is 0 Å². The highest BCUT2D eigenvalue weighted by Crippen LogP contribution is 2.29. The van der Waals surface area contributed by atoms with Gasteiger partial charge in [0.2, 0.25) is 5.91 Å². The van der Waals surface area contributed by atoms with E-state index in [0.29, 0.717) is 6.54 Å². The van der Waals surface area contributed by atoms with E-state index in [-0.39, 0.29) is 10.9 Å². The first-order chi connectivity index (χ1) is 9.03. The van der Waals surface area contributed by atoms with Crippen molar-refractivity contribution in [1.29, 1.82) is 0 Å². The number of nitrogens with one attached hydrogen (secondary N) is 1.